The minimum absolute atomic E-state index is 0.0266. The van der Waals surface area contributed by atoms with Crippen molar-refractivity contribution in [3.63, 3.8) is 0 Å². The third kappa shape index (κ3) is 2.93. The number of hydrogen-bond donors (Lipinski definition) is 1. The lowest BCUT2D eigenvalue weighted by atomic mass is 10.0. The average molecular weight is 330 g/mol. The number of amidine groups is 1. The van der Waals surface area contributed by atoms with Crippen LogP contribution in [0.5, 0.6) is 0 Å². The highest BCUT2D eigenvalue weighted by molar-refractivity contribution is 6.31. The Labute approximate surface area is 137 Å². The first-order valence-corrected chi connectivity index (χ1v) is 7.31. The van der Waals surface area contributed by atoms with Crippen LogP contribution in [-0.4, -0.2) is 40.1 Å². The number of nitroso groups, excluding NO2 is 1. The van der Waals surface area contributed by atoms with Gasteiger partial charge in [-0.15, -0.1) is 4.91 Å². The summed E-state index contributed by atoms with van der Waals surface area (Å²) in [6.07, 6.45) is 0. The first-order chi connectivity index (χ1) is 11.1. The first-order valence-electron chi connectivity index (χ1n) is 6.93. The van der Waals surface area contributed by atoms with Crippen molar-refractivity contribution in [3.05, 3.63) is 69.6 Å². The second-order valence-electron chi connectivity index (χ2n) is 5.07. The van der Waals surface area contributed by atoms with Crippen molar-refractivity contribution in [2.45, 2.75) is 0 Å². The second kappa shape index (κ2) is 6.18. The zero-order valence-electron chi connectivity index (χ0n) is 12.3. The third-order valence-electron chi connectivity index (χ3n) is 3.56. The van der Waals surface area contributed by atoms with Crippen LogP contribution in [0, 0.1) is 4.91 Å². The van der Waals surface area contributed by atoms with Crippen LogP contribution in [0.3, 0.4) is 0 Å². The largest absolute Gasteiger partial charge is 0.290 e. The van der Waals surface area contributed by atoms with E-state index in [4.69, 9.17) is 11.6 Å². The summed E-state index contributed by atoms with van der Waals surface area (Å²) in [7, 11) is 1.49. The van der Waals surface area contributed by atoms with Gasteiger partial charge in [0.2, 0.25) is 0 Å². The first kappa shape index (κ1) is 15.2. The molecule has 6 nitrogen and oxygen atoms in total. The molecular formula is C16H14ClN4O2+. The van der Waals surface area contributed by atoms with E-state index in [0.29, 0.717) is 27.8 Å². The lowest BCUT2D eigenvalue weighted by molar-refractivity contribution is -0.764. The molecule has 2 aromatic rings. The van der Waals surface area contributed by atoms with Crippen LogP contribution in [0.4, 0.5) is 5.69 Å². The van der Waals surface area contributed by atoms with Crippen LogP contribution in [0.25, 0.3) is 0 Å². The van der Waals surface area contributed by atoms with E-state index in [-0.39, 0.29) is 6.54 Å². The number of rotatable bonds is 2. The molecule has 0 aromatic heterocycles. The number of aliphatic imine (C=N–C) groups is 1. The van der Waals surface area contributed by atoms with Gasteiger partial charge in [-0.05, 0) is 35.1 Å². The van der Waals surface area contributed by atoms with Crippen LogP contribution in [-0.2, 0) is 0 Å². The second-order valence-corrected chi connectivity index (χ2v) is 5.50. The number of halogens is 1. The van der Waals surface area contributed by atoms with E-state index in [2.05, 4.69) is 10.3 Å². The highest BCUT2D eigenvalue weighted by atomic mass is 35.5. The van der Waals surface area contributed by atoms with Crippen LogP contribution < -0.4 is 0 Å². The van der Waals surface area contributed by atoms with Gasteiger partial charge in [-0.25, -0.2) is 10.0 Å². The van der Waals surface area contributed by atoms with Gasteiger partial charge in [-0.2, -0.15) is 0 Å². The number of nitrogens with zero attached hydrogens (tertiary/aromatic N) is 4. The summed E-state index contributed by atoms with van der Waals surface area (Å²) in [6.45, 7) is 0.0266. The Morgan fingerprint density at radius 3 is 2.70 bits per heavy atom. The summed E-state index contributed by atoms with van der Waals surface area (Å²) >= 11 is 6.12. The number of fused-ring (bicyclic) bond motifs is 1. The monoisotopic (exact) mass is 329 g/mol. The van der Waals surface area contributed by atoms with Crippen molar-refractivity contribution in [2.24, 2.45) is 10.3 Å². The molecule has 0 bridgehead atoms. The van der Waals surface area contributed by atoms with Gasteiger partial charge in [0.25, 0.3) is 12.3 Å². The standard InChI is InChI=1S/C16H14ClN4O2/c1-20(19-22)15-10-21(23)16(11-5-3-2-4-6-11)13-9-12(17)7-8-14(13)18-15/h2-9,23H,10H2,1H3/q+1. The van der Waals surface area contributed by atoms with E-state index in [0.717, 1.165) is 15.3 Å². The highest BCUT2D eigenvalue weighted by Gasteiger charge is 2.29. The van der Waals surface area contributed by atoms with Crippen molar-refractivity contribution in [2.75, 3.05) is 13.6 Å². The van der Waals surface area contributed by atoms with Crippen molar-refractivity contribution < 1.29 is 9.95 Å². The molecule has 1 N–H and O–H groups in total. The van der Waals surface area contributed by atoms with Crippen LogP contribution in [0.2, 0.25) is 5.02 Å². The molecule has 7 heteroatoms. The van der Waals surface area contributed by atoms with Gasteiger partial charge >= 0.3 is 0 Å². The smallest absolute Gasteiger partial charge is 0.267 e. The normalized spacial score (nSPS) is 13.9. The van der Waals surface area contributed by atoms with Crippen molar-refractivity contribution in [3.8, 4) is 0 Å². The summed E-state index contributed by atoms with van der Waals surface area (Å²) in [5.41, 5.74) is 2.67. The Morgan fingerprint density at radius 1 is 1.26 bits per heavy atom. The molecule has 116 valence electrons. The average Bonchev–Trinajstić information content (AvgIpc) is 2.70. The van der Waals surface area contributed by atoms with Crippen molar-refractivity contribution in [1.29, 1.82) is 0 Å². The van der Waals surface area contributed by atoms with Gasteiger partial charge in [0.05, 0.1) is 22.1 Å². The van der Waals surface area contributed by atoms with E-state index in [1.165, 1.54) is 7.05 Å². The van der Waals surface area contributed by atoms with Gasteiger partial charge in [0, 0.05) is 12.1 Å². The number of benzene rings is 2. The third-order valence-corrected chi connectivity index (χ3v) is 3.79. The maximum absolute atomic E-state index is 10.8. The molecule has 0 saturated heterocycles. The quantitative estimate of drug-likeness (QED) is 0.398. The maximum atomic E-state index is 10.8. The van der Waals surface area contributed by atoms with Gasteiger partial charge in [-0.3, -0.25) is 5.21 Å². The molecule has 23 heavy (non-hydrogen) atoms. The molecule has 1 aliphatic heterocycles. The van der Waals surface area contributed by atoms with E-state index >= 15 is 0 Å². The van der Waals surface area contributed by atoms with Gasteiger partial charge in [0.1, 0.15) is 0 Å². The van der Waals surface area contributed by atoms with E-state index in [1.807, 2.05) is 30.3 Å². The molecule has 0 aliphatic carbocycles. The lowest BCUT2D eigenvalue weighted by Gasteiger charge is -2.07. The van der Waals surface area contributed by atoms with Gasteiger partial charge < -0.3 is 0 Å². The van der Waals surface area contributed by atoms with Gasteiger partial charge in [-0.1, -0.05) is 29.8 Å². The minimum atomic E-state index is 0.0266. The molecule has 0 radical (unpaired) electrons. The van der Waals surface area contributed by atoms with E-state index < -0.39 is 0 Å². The van der Waals surface area contributed by atoms with Crippen LogP contribution in [0.1, 0.15) is 11.1 Å². The molecule has 0 atom stereocenters. The topological polar surface area (TPSA) is 68.3 Å². The summed E-state index contributed by atoms with van der Waals surface area (Å²) < 4.78 is 1.05. The minimum Gasteiger partial charge on any atom is -0.290 e. The summed E-state index contributed by atoms with van der Waals surface area (Å²) in [5, 5.41) is 15.0. The van der Waals surface area contributed by atoms with Gasteiger partial charge in [0.15, 0.2) is 5.84 Å². The van der Waals surface area contributed by atoms with E-state index in [1.54, 1.807) is 18.2 Å². The summed E-state index contributed by atoms with van der Waals surface area (Å²) in [6, 6.07) is 14.6. The molecule has 0 fully saturated rings. The Hall–Kier alpha value is -2.73. The molecule has 0 amide bonds. The SMILES string of the molecule is CN(N=O)C1=Nc2ccc(Cl)cc2C(c2ccccc2)=[N+](O)C1. The zero-order valence-corrected chi connectivity index (χ0v) is 13.1. The molecule has 0 saturated carbocycles. The molecule has 1 heterocycles. The molecule has 1 aliphatic rings. The molecule has 0 unspecified atom stereocenters. The Morgan fingerprint density at radius 2 is 2.00 bits per heavy atom. The highest BCUT2D eigenvalue weighted by Crippen LogP contribution is 2.28. The Bertz CT molecular complexity index is 818. The fourth-order valence-corrected chi connectivity index (χ4v) is 2.62. The maximum Gasteiger partial charge on any atom is 0.267 e. The summed E-state index contributed by atoms with van der Waals surface area (Å²) in [5.74, 6) is 0.331. The number of hydrogen-bond acceptors (Lipinski definition) is 4. The van der Waals surface area contributed by atoms with E-state index in [9.17, 15) is 10.1 Å². The lowest BCUT2D eigenvalue weighted by Crippen LogP contribution is -2.31. The fourth-order valence-electron chi connectivity index (χ4n) is 2.44. The van der Waals surface area contributed by atoms with Crippen molar-refractivity contribution in [1.82, 2.24) is 5.01 Å². The Kier molecular flexibility index (Phi) is 4.08. The predicted octanol–water partition coefficient (Wildman–Crippen LogP) is 3.24. The molecule has 3 rings (SSSR count). The Balaban J connectivity index is 2.26. The fraction of sp³-hybridized carbons (Fsp3) is 0.125. The molecule has 0 spiro atoms. The zero-order chi connectivity index (χ0) is 16.4. The number of likely N-dealkylation sites (N-methyl/N-ethyl adjacent to an activating group) is 1. The molecule has 2 aromatic carbocycles. The predicted molar refractivity (Wildman–Crippen MR) is 88.7 cm³/mol. The number of hydroxylamine groups is 1. The van der Waals surface area contributed by atoms with Crippen molar-refractivity contribution >= 4 is 28.8 Å². The summed E-state index contributed by atoms with van der Waals surface area (Å²) in [4.78, 5) is 15.3. The molecular weight excluding hydrogens is 316 g/mol. The van der Waals surface area contributed by atoms with Crippen LogP contribution >= 0.6 is 11.6 Å². The van der Waals surface area contributed by atoms with Crippen LogP contribution in [0.15, 0.2) is 58.8 Å².